The van der Waals surface area contributed by atoms with Gasteiger partial charge >= 0.3 is 0 Å². The molecular weight excluding hydrogens is 392 g/mol. The number of anilines is 1. The smallest absolute Gasteiger partial charge is 0.240 e. The summed E-state index contributed by atoms with van der Waals surface area (Å²) in [6.45, 7) is 0.664. The Balaban J connectivity index is 1.90. The molecule has 27 heavy (non-hydrogen) atoms. The van der Waals surface area contributed by atoms with Gasteiger partial charge in [-0.05, 0) is 37.5 Å². The zero-order valence-corrected chi connectivity index (χ0v) is 17.3. The van der Waals surface area contributed by atoms with E-state index in [0.29, 0.717) is 36.4 Å². The highest BCUT2D eigenvalue weighted by atomic mass is 35.5. The summed E-state index contributed by atoms with van der Waals surface area (Å²) in [5, 5.41) is 3.08. The first-order chi connectivity index (χ1) is 12.8. The summed E-state index contributed by atoms with van der Waals surface area (Å²) in [6.07, 6.45) is 6.72. The van der Waals surface area contributed by atoms with Crippen molar-refractivity contribution in [1.82, 2.24) is 5.32 Å². The van der Waals surface area contributed by atoms with Crippen LogP contribution in [0, 0.1) is 0 Å². The molecule has 0 atom stereocenters. The lowest BCUT2D eigenvalue weighted by Crippen LogP contribution is -2.41. The van der Waals surface area contributed by atoms with Gasteiger partial charge < -0.3 is 14.8 Å². The quantitative estimate of drug-likeness (QED) is 0.590. The van der Waals surface area contributed by atoms with Gasteiger partial charge in [0.05, 0.1) is 25.2 Å². The van der Waals surface area contributed by atoms with Crippen molar-refractivity contribution in [2.75, 3.05) is 37.4 Å². The number of benzene rings is 1. The molecule has 7 nitrogen and oxygen atoms in total. The number of nitrogens with one attached hydrogen (secondary N) is 1. The number of nitrogens with zero attached hydrogens (tertiary/aromatic N) is 1. The Kier molecular flexibility index (Phi) is 8.19. The van der Waals surface area contributed by atoms with E-state index in [1.165, 1.54) is 26.0 Å². The van der Waals surface area contributed by atoms with E-state index in [0.717, 1.165) is 23.4 Å². The van der Waals surface area contributed by atoms with Crippen molar-refractivity contribution in [3.05, 3.63) is 23.2 Å². The maximum atomic E-state index is 12.2. The van der Waals surface area contributed by atoms with Crippen molar-refractivity contribution in [1.29, 1.82) is 0 Å². The average Bonchev–Trinajstić information content (AvgIpc) is 3.12. The third-order valence-electron chi connectivity index (χ3n) is 4.40. The summed E-state index contributed by atoms with van der Waals surface area (Å²) in [5.41, 5.74) is 0.229. The molecule has 0 spiro atoms. The van der Waals surface area contributed by atoms with Gasteiger partial charge in [0, 0.05) is 18.2 Å². The van der Waals surface area contributed by atoms with E-state index in [9.17, 15) is 13.2 Å². The maximum Gasteiger partial charge on any atom is 0.240 e. The van der Waals surface area contributed by atoms with Gasteiger partial charge in [0.1, 0.15) is 12.3 Å². The minimum atomic E-state index is -3.70. The van der Waals surface area contributed by atoms with Gasteiger partial charge in [0.15, 0.2) is 0 Å². The van der Waals surface area contributed by atoms with Crippen LogP contribution in [0.1, 0.15) is 32.1 Å². The minimum Gasteiger partial charge on any atom is -0.495 e. The largest absolute Gasteiger partial charge is 0.495 e. The van der Waals surface area contributed by atoms with E-state index >= 15 is 0 Å². The summed E-state index contributed by atoms with van der Waals surface area (Å²) in [5.74, 6) is -0.0779. The molecule has 0 unspecified atom stereocenters. The molecule has 1 N–H and O–H groups in total. The van der Waals surface area contributed by atoms with Crippen LogP contribution in [0.3, 0.4) is 0 Å². The molecule has 152 valence electrons. The molecule has 1 saturated carbocycles. The van der Waals surface area contributed by atoms with Crippen molar-refractivity contribution < 1.29 is 22.7 Å². The van der Waals surface area contributed by atoms with Gasteiger partial charge in [-0.15, -0.1) is 0 Å². The lowest BCUT2D eigenvalue weighted by atomic mass is 10.3. The number of hydrogen-bond acceptors (Lipinski definition) is 5. The predicted molar refractivity (Wildman–Crippen MR) is 106 cm³/mol. The van der Waals surface area contributed by atoms with Gasteiger partial charge in [0.25, 0.3) is 0 Å². The lowest BCUT2D eigenvalue weighted by Gasteiger charge is -2.24. The van der Waals surface area contributed by atoms with E-state index in [2.05, 4.69) is 5.32 Å². The molecule has 1 aliphatic rings. The highest BCUT2D eigenvalue weighted by Crippen LogP contribution is 2.32. The first-order valence-electron chi connectivity index (χ1n) is 9.01. The summed E-state index contributed by atoms with van der Waals surface area (Å²) >= 11 is 5.99. The molecule has 0 aliphatic heterocycles. The van der Waals surface area contributed by atoms with Crippen LogP contribution in [0.15, 0.2) is 18.2 Å². The van der Waals surface area contributed by atoms with Crippen LogP contribution in [-0.4, -0.2) is 53.5 Å². The fourth-order valence-electron chi connectivity index (χ4n) is 3.03. The molecule has 0 aromatic heterocycles. The monoisotopic (exact) mass is 418 g/mol. The molecule has 0 heterocycles. The highest BCUT2D eigenvalue weighted by Gasteiger charge is 2.24. The van der Waals surface area contributed by atoms with E-state index in [1.807, 2.05) is 0 Å². The standard InChI is InChI=1S/C18H27ClN2O5S/c1-25-17-9-8-14(19)12-16(17)21(27(2,23)24)13-18(22)20-10-5-11-26-15-6-3-4-7-15/h8-9,12,15H,3-7,10-11,13H2,1-2H3,(H,20,22). The van der Waals surface area contributed by atoms with Crippen LogP contribution in [0.25, 0.3) is 0 Å². The molecular formula is C18H27ClN2O5S. The summed E-state index contributed by atoms with van der Waals surface area (Å²) in [7, 11) is -2.27. The summed E-state index contributed by atoms with van der Waals surface area (Å²) in [4.78, 5) is 12.2. The first kappa shape index (κ1) is 21.8. The molecule has 1 aromatic rings. The summed E-state index contributed by atoms with van der Waals surface area (Å²) in [6, 6.07) is 4.62. The molecule has 1 aromatic carbocycles. The second-order valence-corrected chi connectivity index (χ2v) is 8.91. The van der Waals surface area contributed by atoms with Crippen LogP contribution in [-0.2, 0) is 19.6 Å². The zero-order valence-electron chi connectivity index (χ0n) is 15.7. The number of halogens is 1. The van der Waals surface area contributed by atoms with Crippen LogP contribution >= 0.6 is 11.6 Å². The van der Waals surface area contributed by atoms with Crippen molar-refractivity contribution in [2.24, 2.45) is 0 Å². The third-order valence-corrected chi connectivity index (χ3v) is 5.76. The van der Waals surface area contributed by atoms with Gasteiger partial charge in [-0.25, -0.2) is 8.42 Å². The Morgan fingerprint density at radius 2 is 2.04 bits per heavy atom. The van der Waals surface area contributed by atoms with Gasteiger partial charge in [-0.3, -0.25) is 9.10 Å². The molecule has 0 bridgehead atoms. The van der Waals surface area contributed by atoms with E-state index in [1.54, 1.807) is 12.1 Å². The molecule has 1 amide bonds. The van der Waals surface area contributed by atoms with E-state index < -0.39 is 15.9 Å². The number of ether oxygens (including phenoxy) is 2. The van der Waals surface area contributed by atoms with E-state index in [4.69, 9.17) is 21.1 Å². The molecule has 0 saturated heterocycles. The highest BCUT2D eigenvalue weighted by molar-refractivity contribution is 7.92. The fourth-order valence-corrected chi connectivity index (χ4v) is 4.05. The Bertz CT molecular complexity index is 735. The topological polar surface area (TPSA) is 84.9 Å². The van der Waals surface area contributed by atoms with Crippen molar-refractivity contribution in [2.45, 2.75) is 38.2 Å². The minimum absolute atomic E-state index is 0.229. The van der Waals surface area contributed by atoms with Gasteiger partial charge in [0.2, 0.25) is 15.9 Å². The van der Waals surface area contributed by atoms with Crippen LogP contribution in [0.4, 0.5) is 5.69 Å². The van der Waals surface area contributed by atoms with Gasteiger partial charge in [-0.1, -0.05) is 24.4 Å². The molecule has 2 rings (SSSR count). The second kappa shape index (κ2) is 10.1. The number of methoxy groups -OCH3 is 1. The Labute approximate surface area is 166 Å². The fraction of sp³-hybridized carbons (Fsp3) is 0.611. The van der Waals surface area contributed by atoms with Crippen LogP contribution in [0.5, 0.6) is 5.75 Å². The molecule has 0 radical (unpaired) electrons. The molecule has 1 fully saturated rings. The van der Waals surface area contributed by atoms with Crippen LogP contribution in [0.2, 0.25) is 5.02 Å². The predicted octanol–water partition coefficient (Wildman–Crippen LogP) is 2.58. The Hall–Kier alpha value is -1.51. The van der Waals surface area contributed by atoms with E-state index in [-0.39, 0.29) is 12.2 Å². The zero-order chi connectivity index (χ0) is 19.9. The normalized spacial score (nSPS) is 14.9. The maximum absolute atomic E-state index is 12.2. The Morgan fingerprint density at radius 1 is 1.33 bits per heavy atom. The SMILES string of the molecule is COc1ccc(Cl)cc1N(CC(=O)NCCCOC1CCCC1)S(C)(=O)=O. The van der Waals surface area contributed by atoms with Crippen molar-refractivity contribution >= 4 is 33.2 Å². The number of rotatable bonds is 10. The number of carbonyl (C=O) groups excluding carboxylic acids is 1. The number of sulfonamides is 1. The number of amides is 1. The number of hydrogen-bond donors (Lipinski definition) is 1. The summed E-state index contributed by atoms with van der Waals surface area (Å²) < 4.78 is 36.3. The second-order valence-electron chi connectivity index (χ2n) is 6.57. The van der Waals surface area contributed by atoms with Crippen molar-refractivity contribution in [3.63, 3.8) is 0 Å². The van der Waals surface area contributed by atoms with Crippen LogP contribution < -0.4 is 14.4 Å². The third kappa shape index (κ3) is 6.86. The Morgan fingerprint density at radius 3 is 2.67 bits per heavy atom. The van der Waals surface area contributed by atoms with Gasteiger partial charge in [-0.2, -0.15) is 0 Å². The first-order valence-corrected chi connectivity index (χ1v) is 11.2. The van der Waals surface area contributed by atoms with Crippen molar-refractivity contribution in [3.8, 4) is 5.75 Å². The average molecular weight is 419 g/mol. The molecule has 9 heteroatoms. The molecule has 1 aliphatic carbocycles. The number of carbonyl (C=O) groups is 1. The lowest BCUT2D eigenvalue weighted by molar-refractivity contribution is -0.119.